The van der Waals surface area contributed by atoms with Gasteiger partial charge in [0.2, 0.25) is 11.6 Å². The number of hydrogen-bond acceptors (Lipinski definition) is 5. The third kappa shape index (κ3) is 32.4. The molecule has 0 amide bonds. The molecule has 0 spiro atoms. The highest BCUT2D eigenvalue weighted by molar-refractivity contribution is 6.39. The standard InChI is InChI=1S/C40H75NO4/c1-3-5-7-9-11-13-15-17-19-21-23-25-27-29-31-33-37(42)39(44)35-41-36-40(45)38(43)34-32-30-28-26-24-22-20-18-16-14-12-10-8-6-4-2/h41H,3-36H2,1-2H3. The molecule has 1 N–H and O–H groups in total. The van der Waals surface area contributed by atoms with Crippen LogP contribution in [0, 0.1) is 0 Å². The number of hydrogen-bond donors (Lipinski definition) is 1. The summed E-state index contributed by atoms with van der Waals surface area (Å²) in [5, 5.41) is 2.71. The van der Waals surface area contributed by atoms with Crippen molar-refractivity contribution in [3.05, 3.63) is 0 Å². The molecule has 0 heterocycles. The van der Waals surface area contributed by atoms with Crippen molar-refractivity contribution in [3.8, 4) is 0 Å². The second kappa shape index (κ2) is 35.5. The molecule has 0 aromatic heterocycles. The topological polar surface area (TPSA) is 80.3 Å². The van der Waals surface area contributed by atoms with Crippen LogP contribution >= 0.6 is 0 Å². The van der Waals surface area contributed by atoms with Crippen molar-refractivity contribution in [1.29, 1.82) is 0 Å². The first kappa shape index (κ1) is 43.6. The third-order valence-corrected chi connectivity index (χ3v) is 9.21. The Morgan fingerprint density at radius 3 is 0.711 bits per heavy atom. The summed E-state index contributed by atoms with van der Waals surface area (Å²) in [5.74, 6) is -1.70. The van der Waals surface area contributed by atoms with Crippen molar-refractivity contribution in [2.24, 2.45) is 0 Å². The second-order valence-electron chi connectivity index (χ2n) is 13.7. The summed E-state index contributed by atoms with van der Waals surface area (Å²) in [4.78, 5) is 48.4. The number of ketones is 4. The van der Waals surface area contributed by atoms with E-state index in [1.54, 1.807) is 0 Å². The molecule has 0 aliphatic carbocycles. The van der Waals surface area contributed by atoms with E-state index in [2.05, 4.69) is 19.2 Å². The molecule has 0 saturated carbocycles. The fourth-order valence-corrected chi connectivity index (χ4v) is 6.08. The van der Waals surface area contributed by atoms with E-state index in [1.807, 2.05) is 0 Å². The predicted octanol–water partition coefficient (Wildman–Crippen LogP) is 11.4. The van der Waals surface area contributed by atoms with E-state index >= 15 is 0 Å². The number of rotatable bonds is 38. The van der Waals surface area contributed by atoms with Gasteiger partial charge in [-0.15, -0.1) is 0 Å². The summed E-state index contributed by atoms with van der Waals surface area (Å²) in [7, 11) is 0. The minimum Gasteiger partial charge on any atom is -0.302 e. The van der Waals surface area contributed by atoms with Crippen LogP contribution in [0.2, 0.25) is 0 Å². The molecule has 0 radical (unpaired) electrons. The highest BCUT2D eigenvalue weighted by Gasteiger charge is 2.16. The van der Waals surface area contributed by atoms with Crippen LogP contribution in [0.1, 0.15) is 219 Å². The highest BCUT2D eigenvalue weighted by Crippen LogP contribution is 2.15. The van der Waals surface area contributed by atoms with Gasteiger partial charge in [0, 0.05) is 12.8 Å². The van der Waals surface area contributed by atoms with Crippen LogP contribution in [0.25, 0.3) is 0 Å². The van der Waals surface area contributed by atoms with Gasteiger partial charge in [-0.25, -0.2) is 0 Å². The largest absolute Gasteiger partial charge is 0.302 e. The molecule has 0 atom stereocenters. The fourth-order valence-electron chi connectivity index (χ4n) is 6.08. The van der Waals surface area contributed by atoms with Crippen molar-refractivity contribution in [2.45, 2.75) is 219 Å². The Labute approximate surface area is 279 Å². The summed E-state index contributed by atoms with van der Waals surface area (Å²) >= 11 is 0. The van der Waals surface area contributed by atoms with Crippen LogP contribution < -0.4 is 5.32 Å². The highest BCUT2D eigenvalue weighted by atomic mass is 16.2. The molecule has 0 aromatic carbocycles. The van der Waals surface area contributed by atoms with Gasteiger partial charge in [-0.1, -0.05) is 194 Å². The van der Waals surface area contributed by atoms with Crippen LogP contribution in [0.3, 0.4) is 0 Å². The lowest BCUT2D eigenvalue weighted by Crippen LogP contribution is -2.34. The maximum atomic E-state index is 12.1. The van der Waals surface area contributed by atoms with Gasteiger partial charge in [-0.05, 0) is 12.8 Å². The maximum absolute atomic E-state index is 12.1. The van der Waals surface area contributed by atoms with E-state index < -0.39 is 11.6 Å². The van der Waals surface area contributed by atoms with Crippen LogP contribution in [-0.4, -0.2) is 36.2 Å². The first-order chi connectivity index (χ1) is 22.0. The Bertz CT molecular complexity index is 646. The Morgan fingerprint density at radius 1 is 0.289 bits per heavy atom. The fraction of sp³-hybridized carbons (Fsp3) is 0.900. The number of nitrogens with one attached hydrogen (secondary N) is 1. The van der Waals surface area contributed by atoms with Gasteiger partial charge in [-0.3, -0.25) is 19.2 Å². The zero-order chi connectivity index (χ0) is 33.1. The summed E-state index contributed by atoms with van der Waals surface area (Å²) in [6, 6.07) is 0. The number of Topliss-reactive ketones (excluding diaryl/α,β-unsaturated/α-hetero) is 4. The predicted molar refractivity (Wildman–Crippen MR) is 192 cm³/mol. The molecule has 5 nitrogen and oxygen atoms in total. The number of carbonyl (C=O) groups excluding carboxylic acids is 4. The quantitative estimate of drug-likeness (QED) is 0.0540. The van der Waals surface area contributed by atoms with E-state index in [-0.39, 0.29) is 37.5 Å². The van der Waals surface area contributed by atoms with E-state index in [4.69, 9.17) is 0 Å². The minimum absolute atomic E-state index is 0.157. The van der Waals surface area contributed by atoms with Crippen LogP contribution in [-0.2, 0) is 19.2 Å². The normalized spacial score (nSPS) is 11.2. The van der Waals surface area contributed by atoms with Crippen molar-refractivity contribution in [1.82, 2.24) is 5.32 Å². The third-order valence-electron chi connectivity index (χ3n) is 9.21. The SMILES string of the molecule is CCCCCCCCCCCCCCCCCC(=O)C(=O)CNCC(=O)C(=O)CCCCCCCCCCCCCCCCC. The van der Waals surface area contributed by atoms with Crippen molar-refractivity contribution < 1.29 is 19.2 Å². The molecule has 45 heavy (non-hydrogen) atoms. The minimum atomic E-state index is -0.483. The summed E-state index contributed by atoms with van der Waals surface area (Å²) in [6.45, 7) is 4.21. The van der Waals surface area contributed by atoms with Crippen LogP contribution in [0.15, 0.2) is 0 Å². The van der Waals surface area contributed by atoms with Gasteiger partial charge in [-0.2, -0.15) is 0 Å². The van der Waals surface area contributed by atoms with Gasteiger partial charge in [0.15, 0.2) is 11.6 Å². The Morgan fingerprint density at radius 2 is 0.489 bits per heavy atom. The first-order valence-corrected chi connectivity index (χ1v) is 19.9. The van der Waals surface area contributed by atoms with Crippen LogP contribution in [0.4, 0.5) is 0 Å². The van der Waals surface area contributed by atoms with Crippen molar-refractivity contribution in [2.75, 3.05) is 13.1 Å². The summed E-state index contributed by atoms with van der Waals surface area (Å²) in [5.41, 5.74) is 0. The Kier molecular flexibility index (Phi) is 34.4. The molecule has 0 fully saturated rings. The zero-order valence-electron chi connectivity index (χ0n) is 30.2. The lowest BCUT2D eigenvalue weighted by molar-refractivity contribution is -0.137. The monoisotopic (exact) mass is 634 g/mol. The Balaban J connectivity index is 3.50. The van der Waals surface area contributed by atoms with Gasteiger partial charge in [0.1, 0.15) is 0 Å². The molecule has 5 heteroatoms. The smallest absolute Gasteiger partial charge is 0.212 e. The first-order valence-electron chi connectivity index (χ1n) is 19.9. The molecular weight excluding hydrogens is 558 g/mol. The zero-order valence-corrected chi connectivity index (χ0v) is 30.2. The molecule has 0 rings (SSSR count). The molecule has 0 aliphatic rings. The lowest BCUT2D eigenvalue weighted by atomic mass is 10.0. The molecule has 0 bridgehead atoms. The summed E-state index contributed by atoms with van der Waals surface area (Å²) < 4.78 is 0. The average Bonchev–Trinajstić information content (AvgIpc) is 3.04. The van der Waals surface area contributed by atoms with Crippen molar-refractivity contribution >= 4 is 23.1 Å². The number of unbranched alkanes of at least 4 members (excludes halogenated alkanes) is 28. The van der Waals surface area contributed by atoms with Crippen molar-refractivity contribution in [3.63, 3.8) is 0 Å². The van der Waals surface area contributed by atoms with E-state index in [0.717, 1.165) is 38.5 Å². The van der Waals surface area contributed by atoms with Crippen LogP contribution in [0.5, 0.6) is 0 Å². The summed E-state index contributed by atoms with van der Waals surface area (Å²) in [6.07, 6.45) is 38.5. The van der Waals surface area contributed by atoms with Gasteiger partial charge >= 0.3 is 0 Å². The maximum Gasteiger partial charge on any atom is 0.212 e. The molecular formula is C40H75NO4. The van der Waals surface area contributed by atoms with E-state index in [1.165, 1.54) is 154 Å². The molecule has 0 aromatic rings. The lowest BCUT2D eigenvalue weighted by Gasteiger charge is -2.05. The average molecular weight is 634 g/mol. The van der Waals surface area contributed by atoms with Gasteiger partial charge < -0.3 is 5.32 Å². The van der Waals surface area contributed by atoms with E-state index in [0.29, 0.717) is 0 Å². The molecule has 0 unspecified atom stereocenters. The second-order valence-corrected chi connectivity index (χ2v) is 13.7. The molecule has 0 saturated heterocycles. The van der Waals surface area contributed by atoms with E-state index in [9.17, 15) is 19.2 Å². The molecule has 0 aliphatic heterocycles. The molecule has 264 valence electrons. The number of carbonyl (C=O) groups is 4. The Hall–Kier alpha value is -1.36. The van der Waals surface area contributed by atoms with Gasteiger partial charge in [0.05, 0.1) is 13.1 Å². The van der Waals surface area contributed by atoms with Gasteiger partial charge in [0.25, 0.3) is 0 Å².